The van der Waals surface area contributed by atoms with Crippen LogP contribution in [0.5, 0.6) is 5.75 Å². The highest BCUT2D eigenvalue weighted by Gasteiger charge is 2.20. The van der Waals surface area contributed by atoms with E-state index in [1.807, 2.05) is 18.2 Å². The highest BCUT2D eigenvalue weighted by atomic mass is 32.1. The third kappa shape index (κ3) is 3.56. The number of carbonyl (C=O) groups is 1. The van der Waals surface area contributed by atoms with Crippen molar-refractivity contribution in [1.82, 2.24) is 9.88 Å². The molecule has 1 fully saturated rings. The molecule has 118 valence electrons. The van der Waals surface area contributed by atoms with Crippen LogP contribution in [0.2, 0.25) is 0 Å². The molecule has 0 spiro atoms. The summed E-state index contributed by atoms with van der Waals surface area (Å²) in [7, 11) is 3.78. The summed E-state index contributed by atoms with van der Waals surface area (Å²) in [5.41, 5.74) is 0.889. The first-order valence-electron chi connectivity index (χ1n) is 7.57. The zero-order chi connectivity index (χ0) is 15.5. The van der Waals surface area contributed by atoms with Gasteiger partial charge >= 0.3 is 0 Å². The van der Waals surface area contributed by atoms with Crippen molar-refractivity contribution >= 4 is 32.6 Å². The van der Waals surface area contributed by atoms with Gasteiger partial charge < -0.3 is 15.0 Å². The maximum atomic E-state index is 12.2. The van der Waals surface area contributed by atoms with Crippen molar-refractivity contribution in [3.05, 3.63) is 18.2 Å². The van der Waals surface area contributed by atoms with Crippen LogP contribution in [0.25, 0.3) is 10.2 Å². The van der Waals surface area contributed by atoms with Gasteiger partial charge in [-0.2, -0.15) is 0 Å². The normalized spacial score (nSPS) is 16.8. The third-order valence-corrected chi connectivity index (χ3v) is 5.09. The molecule has 0 saturated carbocycles. The van der Waals surface area contributed by atoms with Crippen molar-refractivity contribution in [3.63, 3.8) is 0 Å². The molecule has 0 radical (unpaired) electrons. The zero-order valence-corrected chi connectivity index (χ0v) is 13.8. The summed E-state index contributed by atoms with van der Waals surface area (Å²) < 4.78 is 6.23. The van der Waals surface area contributed by atoms with Crippen molar-refractivity contribution in [2.24, 2.45) is 5.92 Å². The summed E-state index contributed by atoms with van der Waals surface area (Å²) in [6.07, 6.45) is 2.79. The second kappa shape index (κ2) is 6.62. The van der Waals surface area contributed by atoms with Crippen molar-refractivity contribution in [2.75, 3.05) is 32.6 Å². The van der Waals surface area contributed by atoms with Gasteiger partial charge in [0.1, 0.15) is 5.75 Å². The molecular weight excluding hydrogens is 298 g/mol. The van der Waals surface area contributed by atoms with Crippen molar-refractivity contribution < 1.29 is 9.53 Å². The molecule has 1 aromatic heterocycles. The Morgan fingerprint density at radius 1 is 1.45 bits per heavy atom. The highest BCUT2D eigenvalue weighted by Crippen LogP contribution is 2.29. The summed E-state index contributed by atoms with van der Waals surface area (Å²) in [5, 5.41) is 3.61. The van der Waals surface area contributed by atoms with Crippen LogP contribution in [0, 0.1) is 5.92 Å². The first-order chi connectivity index (χ1) is 10.6. The number of nitrogens with zero attached hydrogens (tertiary/aromatic N) is 2. The van der Waals surface area contributed by atoms with Gasteiger partial charge in [0, 0.05) is 6.42 Å². The van der Waals surface area contributed by atoms with Crippen molar-refractivity contribution in [1.29, 1.82) is 0 Å². The molecular formula is C16H21N3O2S. The number of hydrogen-bond donors (Lipinski definition) is 1. The number of carbonyl (C=O) groups excluding carboxylic acids is 1. The highest BCUT2D eigenvalue weighted by molar-refractivity contribution is 7.22. The van der Waals surface area contributed by atoms with Crippen molar-refractivity contribution in [2.45, 2.75) is 19.3 Å². The Kier molecular flexibility index (Phi) is 4.59. The number of methoxy groups -OCH3 is 1. The van der Waals surface area contributed by atoms with Crippen molar-refractivity contribution in [3.8, 4) is 5.75 Å². The lowest BCUT2D eigenvalue weighted by Crippen LogP contribution is -2.31. The summed E-state index contributed by atoms with van der Waals surface area (Å²) in [5.74, 6) is 1.37. The number of benzene rings is 1. The van der Waals surface area contributed by atoms with Crippen LogP contribution >= 0.6 is 11.3 Å². The average molecular weight is 319 g/mol. The fourth-order valence-electron chi connectivity index (χ4n) is 2.78. The summed E-state index contributed by atoms with van der Waals surface area (Å²) in [6, 6.07) is 5.74. The van der Waals surface area contributed by atoms with Gasteiger partial charge in [-0.1, -0.05) is 11.3 Å². The minimum atomic E-state index is 0.0700. The van der Waals surface area contributed by atoms with Crippen LogP contribution < -0.4 is 10.1 Å². The number of nitrogens with one attached hydrogen (secondary N) is 1. The Bertz CT molecular complexity index is 662. The number of ether oxygens (including phenoxy) is 1. The molecule has 1 aromatic carbocycles. The van der Waals surface area contributed by atoms with Crippen LogP contribution in [0.15, 0.2) is 18.2 Å². The molecule has 5 nitrogen and oxygen atoms in total. The van der Waals surface area contributed by atoms with Gasteiger partial charge in [-0.05, 0) is 57.1 Å². The van der Waals surface area contributed by atoms with E-state index in [0.717, 1.165) is 41.9 Å². The number of hydrogen-bond acceptors (Lipinski definition) is 5. The number of aromatic nitrogens is 1. The molecule has 1 aliphatic rings. The topological polar surface area (TPSA) is 54.5 Å². The lowest BCUT2D eigenvalue weighted by Gasteiger charge is -2.28. The van der Waals surface area contributed by atoms with Gasteiger partial charge in [-0.25, -0.2) is 4.98 Å². The molecule has 3 rings (SSSR count). The number of fused-ring (bicyclic) bond motifs is 1. The molecule has 0 atom stereocenters. The van der Waals surface area contributed by atoms with Gasteiger partial charge in [-0.15, -0.1) is 0 Å². The second-order valence-electron chi connectivity index (χ2n) is 5.85. The molecule has 1 N–H and O–H groups in total. The predicted octanol–water partition coefficient (Wildman–Crippen LogP) is 2.98. The van der Waals surface area contributed by atoms with E-state index in [1.54, 1.807) is 7.11 Å². The standard InChI is InChI=1S/C16H21N3O2S/c1-19-7-5-11(6-8-19)9-15(20)18-16-17-13-4-3-12(21-2)10-14(13)22-16/h3-4,10-11H,5-9H2,1-2H3,(H,17,18,20). The molecule has 22 heavy (non-hydrogen) atoms. The van der Waals surface area contributed by atoms with Gasteiger partial charge in [0.05, 0.1) is 17.3 Å². The lowest BCUT2D eigenvalue weighted by molar-refractivity contribution is -0.117. The maximum Gasteiger partial charge on any atom is 0.226 e. The fraction of sp³-hybridized carbons (Fsp3) is 0.500. The van der Waals surface area contributed by atoms with E-state index in [0.29, 0.717) is 17.5 Å². The molecule has 0 aliphatic carbocycles. The minimum absolute atomic E-state index is 0.0700. The Morgan fingerprint density at radius 3 is 2.95 bits per heavy atom. The number of likely N-dealkylation sites (tertiary alicyclic amines) is 1. The second-order valence-corrected chi connectivity index (χ2v) is 6.88. The summed E-state index contributed by atoms with van der Waals surface area (Å²) in [4.78, 5) is 19.0. The number of anilines is 1. The molecule has 2 aromatic rings. The van der Waals surface area contributed by atoms with E-state index in [4.69, 9.17) is 4.74 Å². The van der Waals surface area contributed by atoms with Crippen LogP contribution in [-0.4, -0.2) is 43.0 Å². The number of amides is 1. The Labute approximate surface area is 134 Å². The predicted molar refractivity (Wildman–Crippen MR) is 89.6 cm³/mol. The van der Waals surface area contributed by atoms with Crippen LogP contribution in [-0.2, 0) is 4.79 Å². The van der Waals surface area contributed by atoms with E-state index in [9.17, 15) is 4.79 Å². The average Bonchev–Trinajstić information content (AvgIpc) is 2.90. The van der Waals surface area contributed by atoms with E-state index in [2.05, 4.69) is 22.2 Å². The Hall–Kier alpha value is -1.66. The van der Waals surface area contributed by atoms with E-state index < -0.39 is 0 Å². The SMILES string of the molecule is COc1ccc2nc(NC(=O)CC3CCN(C)CC3)sc2c1. The quantitative estimate of drug-likeness (QED) is 0.941. The van der Waals surface area contributed by atoms with E-state index in [1.165, 1.54) is 11.3 Å². The monoisotopic (exact) mass is 319 g/mol. The zero-order valence-electron chi connectivity index (χ0n) is 13.0. The number of thiazole rings is 1. The fourth-order valence-corrected chi connectivity index (χ4v) is 3.69. The van der Waals surface area contributed by atoms with Gasteiger partial charge in [-0.3, -0.25) is 4.79 Å². The van der Waals surface area contributed by atoms with Crippen LogP contribution in [0.1, 0.15) is 19.3 Å². The molecule has 1 amide bonds. The summed E-state index contributed by atoms with van der Waals surface area (Å²) >= 11 is 1.49. The molecule has 6 heteroatoms. The lowest BCUT2D eigenvalue weighted by atomic mass is 9.93. The van der Waals surface area contributed by atoms with E-state index >= 15 is 0 Å². The third-order valence-electron chi connectivity index (χ3n) is 4.15. The first-order valence-corrected chi connectivity index (χ1v) is 8.38. The van der Waals surface area contributed by atoms with Crippen LogP contribution in [0.3, 0.4) is 0 Å². The maximum absolute atomic E-state index is 12.2. The number of piperidine rings is 1. The van der Waals surface area contributed by atoms with Gasteiger partial charge in [0.2, 0.25) is 5.91 Å². The molecule has 2 heterocycles. The Balaban J connectivity index is 1.61. The largest absolute Gasteiger partial charge is 0.497 e. The first kappa shape index (κ1) is 15.2. The van der Waals surface area contributed by atoms with E-state index in [-0.39, 0.29) is 5.91 Å². The number of rotatable bonds is 4. The Morgan fingerprint density at radius 2 is 2.23 bits per heavy atom. The summed E-state index contributed by atoms with van der Waals surface area (Å²) in [6.45, 7) is 2.16. The van der Waals surface area contributed by atoms with Gasteiger partial charge in [0.15, 0.2) is 5.13 Å². The van der Waals surface area contributed by atoms with Gasteiger partial charge in [0.25, 0.3) is 0 Å². The molecule has 1 aliphatic heterocycles. The minimum Gasteiger partial charge on any atom is -0.497 e. The molecule has 0 unspecified atom stereocenters. The van der Waals surface area contributed by atoms with Crippen LogP contribution in [0.4, 0.5) is 5.13 Å². The molecule has 0 bridgehead atoms. The smallest absolute Gasteiger partial charge is 0.226 e. The molecule has 1 saturated heterocycles.